The quantitative estimate of drug-likeness (QED) is 0.836. The number of rotatable bonds is 1. The third-order valence-corrected chi connectivity index (χ3v) is 3.05. The van der Waals surface area contributed by atoms with Crippen LogP contribution in [0, 0.1) is 0 Å². The minimum Gasteiger partial charge on any atom is -0.384 e. The molecule has 1 fully saturated rings. The van der Waals surface area contributed by atoms with E-state index in [0.29, 0.717) is 17.6 Å². The molecule has 4 nitrogen and oxygen atoms in total. The number of piperidine rings is 1. The van der Waals surface area contributed by atoms with E-state index in [-0.39, 0.29) is 18.3 Å². The van der Waals surface area contributed by atoms with Crippen LogP contribution in [0.1, 0.15) is 36.7 Å². The van der Waals surface area contributed by atoms with E-state index >= 15 is 0 Å². The molecule has 1 atom stereocenters. The summed E-state index contributed by atoms with van der Waals surface area (Å²) in [6, 6.07) is 5.49. The van der Waals surface area contributed by atoms with Crippen molar-refractivity contribution in [1.82, 2.24) is 9.88 Å². The Bertz CT molecular complexity index is 397. The molecular formula is C12H18ClN3O. The predicted octanol–water partition coefficient (Wildman–Crippen LogP) is 2.10. The number of carbonyl (C=O) groups is 1. The zero-order chi connectivity index (χ0) is 11.5. The monoisotopic (exact) mass is 255 g/mol. The van der Waals surface area contributed by atoms with E-state index in [4.69, 9.17) is 5.73 Å². The number of hydrogen-bond acceptors (Lipinski definition) is 3. The number of hydrogen-bond donors (Lipinski definition) is 1. The molecule has 0 aliphatic carbocycles. The largest absolute Gasteiger partial charge is 0.384 e. The van der Waals surface area contributed by atoms with Crippen LogP contribution < -0.4 is 5.73 Å². The van der Waals surface area contributed by atoms with Gasteiger partial charge in [0.25, 0.3) is 5.91 Å². The summed E-state index contributed by atoms with van der Waals surface area (Å²) in [6.45, 7) is 2.92. The Hall–Kier alpha value is -1.29. The van der Waals surface area contributed by atoms with Gasteiger partial charge in [-0.1, -0.05) is 6.07 Å². The standard InChI is InChI=1S/C12H17N3O.ClH/c1-9-5-2-3-8-15(9)12(16)10-6-4-7-11(13)14-10;/h4,6-7,9H,2-3,5,8H2,1H3,(H2,13,14);1H. The van der Waals surface area contributed by atoms with Crippen LogP contribution in [0.2, 0.25) is 0 Å². The summed E-state index contributed by atoms with van der Waals surface area (Å²) < 4.78 is 0. The highest BCUT2D eigenvalue weighted by molar-refractivity contribution is 5.92. The first-order chi connectivity index (χ1) is 7.68. The van der Waals surface area contributed by atoms with Crippen molar-refractivity contribution in [2.75, 3.05) is 12.3 Å². The van der Waals surface area contributed by atoms with Crippen molar-refractivity contribution in [2.45, 2.75) is 32.2 Å². The summed E-state index contributed by atoms with van der Waals surface area (Å²) in [5, 5.41) is 0. The number of likely N-dealkylation sites (tertiary alicyclic amines) is 1. The van der Waals surface area contributed by atoms with Crippen molar-refractivity contribution in [2.24, 2.45) is 0 Å². The minimum atomic E-state index is -0.000463. The van der Waals surface area contributed by atoms with Crippen LogP contribution in [0.3, 0.4) is 0 Å². The number of anilines is 1. The second-order valence-electron chi connectivity index (χ2n) is 4.29. The molecule has 0 saturated carbocycles. The molecule has 2 rings (SSSR count). The van der Waals surface area contributed by atoms with Gasteiger partial charge in [-0.15, -0.1) is 12.4 Å². The molecule has 1 aromatic heterocycles. The van der Waals surface area contributed by atoms with Gasteiger partial charge in [0.1, 0.15) is 11.5 Å². The molecule has 1 saturated heterocycles. The number of halogens is 1. The van der Waals surface area contributed by atoms with Crippen molar-refractivity contribution in [3.63, 3.8) is 0 Å². The summed E-state index contributed by atoms with van der Waals surface area (Å²) in [7, 11) is 0. The molecule has 0 aromatic carbocycles. The molecule has 1 aromatic rings. The lowest BCUT2D eigenvalue weighted by Gasteiger charge is -2.33. The maximum Gasteiger partial charge on any atom is 0.272 e. The van der Waals surface area contributed by atoms with Crippen LogP contribution >= 0.6 is 12.4 Å². The molecule has 0 bridgehead atoms. The molecule has 17 heavy (non-hydrogen) atoms. The molecule has 0 spiro atoms. The Kier molecular flexibility index (Phi) is 4.75. The molecule has 5 heteroatoms. The van der Waals surface area contributed by atoms with Crippen molar-refractivity contribution in [1.29, 1.82) is 0 Å². The van der Waals surface area contributed by atoms with Gasteiger partial charge in [-0.25, -0.2) is 4.98 Å². The van der Waals surface area contributed by atoms with Gasteiger partial charge in [0, 0.05) is 12.6 Å². The number of carbonyl (C=O) groups excluding carboxylic acids is 1. The molecule has 1 amide bonds. The van der Waals surface area contributed by atoms with Gasteiger partial charge >= 0.3 is 0 Å². The fourth-order valence-corrected chi connectivity index (χ4v) is 2.12. The van der Waals surface area contributed by atoms with Crippen molar-refractivity contribution >= 4 is 24.1 Å². The summed E-state index contributed by atoms with van der Waals surface area (Å²) in [5.41, 5.74) is 6.03. The Morgan fingerprint density at radius 2 is 2.24 bits per heavy atom. The first-order valence-electron chi connectivity index (χ1n) is 5.72. The third-order valence-electron chi connectivity index (χ3n) is 3.05. The Morgan fingerprint density at radius 1 is 1.47 bits per heavy atom. The van der Waals surface area contributed by atoms with Gasteiger partial charge in [-0.3, -0.25) is 4.79 Å². The highest BCUT2D eigenvalue weighted by Crippen LogP contribution is 2.18. The Morgan fingerprint density at radius 3 is 2.88 bits per heavy atom. The number of nitrogen functional groups attached to an aromatic ring is 1. The Labute approximate surface area is 108 Å². The van der Waals surface area contributed by atoms with Gasteiger partial charge in [0.2, 0.25) is 0 Å². The maximum absolute atomic E-state index is 12.2. The lowest BCUT2D eigenvalue weighted by molar-refractivity contribution is 0.0629. The smallest absolute Gasteiger partial charge is 0.272 e. The van der Waals surface area contributed by atoms with E-state index < -0.39 is 0 Å². The highest BCUT2D eigenvalue weighted by atomic mass is 35.5. The fraction of sp³-hybridized carbons (Fsp3) is 0.500. The third kappa shape index (κ3) is 3.09. The van der Waals surface area contributed by atoms with Crippen molar-refractivity contribution in [3.8, 4) is 0 Å². The molecule has 94 valence electrons. The molecule has 1 unspecified atom stereocenters. The number of aromatic nitrogens is 1. The van der Waals surface area contributed by atoms with E-state index in [1.54, 1.807) is 18.2 Å². The predicted molar refractivity (Wildman–Crippen MR) is 70.2 cm³/mol. The van der Waals surface area contributed by atoms with Crippen LogP contribution in [0.15, 0.2) is 18.2 Å². The van der Waals surface area contributed by atoms with Crippen molar-refractivity contribution in [3.05, 3.63) is 23.9 Å². The number of amides is 1. The fourth-order valence-electron chi connectivity index (χ4n) is 2.12. The summed E-state index contributed by atoms with van der Waals surface area (Å²) in [6.07, 6.45) is 3.36. The van der Waals surface area contributed by atoms with Crippen LogP contribution in [0.4, 0.5) is 5.82 Å². The zero-order valence-electron chi connectivity index (χ0n) is 9.93. The normalized spacial score (nSPS) is 19.6. The number of pyridine rings is 1. The number of nitrogens with two attached hydrogens (primary N) is 1. The second-order valence-corrected chi connectivity index (χ2v) is 4.29. The Balaban J connectivity index is 0.00000144. The zero-order valence-corrected chi connectivity index (χ0v) is 10.7. The van der Waals surface area contributed by atoms with E-state index in [2.05, 4.69) is 11.9 Å². The van der Waals surface area contributed by atoms with E-state index in [1.807, 2.05) is 4.90 Å². The van der Waals surface area contributed by atoms with Gasteiger partial charge in [0.05, 0.1) is 0 Å². The highest BCUT2D eigenvalue weighted by Gasteiger charge is 2.24. The van der Waals surface area contributed by atoms with E-state index in [9.17, 15) is 4.79 Å². The van der Waals surface area contributed by atoms with Crippen molar-refractivity contribution < 1.29 is 4.79 Å². The molecule has 1 aliphatic rings. The minimum absolute atomic E-state index is 0. The number of nitrogens with zero attached hydrogens (tertiary/aromatic N) is 2. The molecule has 2 N–H and O–H groups in total. The second kappa shape index (κ2) is 5.87. The van der Waals surface area contributed by atoms with Crippen LogP contribution in [0.25, 0.3) is 0 Å². The summed E-state index contributed by atoms with van der Waals surface area (Å²) in [5.74, 6) is 0.398. The molecule has 0 radical (unpaired) electrons. The lowest BCUT2D eigenvalue weighted by atomic mass is 10.0. The van der Waals surface area contributed by atoms with Gasteiger partial charge in [0.15, 0.2) is 0 Å². The summed E-state index contributed by atoms with van der Waals surface area (Å²) in [4.78, 5) is 18.1. The molecule has 1 aliphatic heterocycles. The first-order valence-corrected chi connectivity index (χ1v) is 5.72. The van der Waals surface area contributed by atoms with Crippen LogP contribution in [-0.4, -0.2) is 28.4 Å². The van der Waals surface area contributed by atoms with Crippen LogP contribution in [0.5, 0.6) is 0 Å². The maximum atomic E-state index is 12.2. The molecule has 2 heterocycles. The summed E-state index contributed by atoms with van der Waals surface area (Å²) >= 11 is 0. The lowest BCUT2D eigenvalue weighted by Crippen LogP contribution is -2.42. The van der Waals surface area contributed by atoms with Gasteiger partial charge in [-0.05, 0) is 38.3 Å². The van der Waals surface area contributed by atoms with Crippen LogP contribution in [-0.2, 0) is 0 Å². The van der Waals surface area contributed by atoms with E-state index in [1.165, 1.54) is 6.42 Å². The SMILES string of the molecule is CC1CCCCN1C(=O)c1cccc(N)n1.Cl. The first kappa shape index (κ1) is 13.8. The topological polar surface area (TPSA) is 59.2 Å². The van der Waals surface area contributed by atoms with Gasteiger partial charge < -0.3 is 10.6 Å². The molecular weight excluding hydrogens is 238 g/mol. The average molecular weight is 256 g/mol. The van der Waals surface area contributed by atoms with E-state index in [0.717, 1.165) is 19.4 Å². The average Bonchev–Trinajstić information content (AvgIpc) is 2.29. The van der Waals surface area contributed by atoms with Gasteiger partial charge in [-0.2, -0.15) is 0 Å².